The SMILES string of the molecule is COc1ccc(NC(=O)Cn2c(C)cc(=O)c3cccc(F)c32)cc1. The van der Waals surface area contributed by atoms with E-state index in [1.165, 1.54) is 22.8 Å². The van der Waals surface area contributed by atoms with E-state index >= 15 is 0 Å². The third kappa shape index (κ3) is 3.38. The molecule has 0 unspecified atom stereocenters. The average molecular weight is 340 g/mol. The van der Waals surface area contributed by atoms with Gasteiger partial charge in [-0.2, -0.15) is 0 Å². The summed E-state index contributed by atoms with van der Waals surface area (Å²) in [5.74, 6) is -0.167. The van der Waals surface area contributed by atoms with Gasteiger partial charge in [0.05, 0.1) is 12.6 Å². The van der Waals surface area contributed by atoms with Crippen LogP contribution in [0.4, 0.5) is 10.1 Å². The zero-order valence-electron chi connectivity index (χ0n) is 13.9. The average Bonchev–Trinajstić information content (AvgIpc) is 2.59. The fourth-order valence-electron chi connectivity index (χ4n) is 2.73. The maximum absolute atomic E-state index is 14.3. The smallest absolute Gasteiger partial charge is 0.244 e. The van der Waals surface area contributed by atoms with E-state index < -0.39 is 5.82 Å². The Morgan fingerprint density at radius 2 is 1.92 bits per heavy atom. The molecule has 128 valence electrons. The van der Waals surface area contributed by atoms with Crippen LogP contribution in [0.15, 0.2) is 53.3 Å². The summed E-state index contributed by atoms with van der Waals surface area (Å²) in [6.45, 7) is 1.57. The minimum Gasteiger partial charge on any atom is -0.497 e. The Hall–Kier alpha value is -3.15. The predicted molar refractivity (Wildman–Crippen MR) is 94.5 cm³/mol. The number of carbonyl (C=O) groups excluding carboxylic acids is 1. The summed E-state index contributed by atoms with van der Waals surface area (Å²) in [4.78, 5) is 24.4. The predicted octanol–water partition coefficient (Wildman–Crippen LogP) is 3.10. The first kappa shape index (κ1) is 16.7. The molecular formula is C19H17FN2O3. The van der Waals surface area contributed by atoms with Gasteiger partial charge in [0.1, 0.15) is 18.1 Å². The standard InChI is InChI=1S/C19H17FN2O3/c1-12-10-17(23)15-4-3-5-16(20)19(15)22(12)11-18(24)21-13-6-8-14(25-2)9-7-13/h3-10H,11H2,1-2H3,(H,21,24). The fraction of sp³-hybridized carbons (Fsp3) is 0.158. The van der Waals surface area contributed by atoms with Crippen molar-refractivity contribution in [1.29, 1.82) is 0 Å². The van der Waals surface area contributed by atoms with Crippen LogP contribution in [-0.2, 0) is 11.3 Å². The third-order valence-electron chi connectivity index (χ3n) is 3.96. The van der Waals surface area contributed by atoms with Gasteiger partial charge in [0.2, 0.25) is 5.91 Å². The van der Waals surface area contributed by atoms with Crippen molar-refractivity contribution in [3.05, 3.63) is 70.3 Å². The molecule has 5 nitrogen and oxygen atoms in total. The maximum atomic E-state index is 14.3. The van der Waals surface area contributed by atoms with Gasteiger partial charge in [0, 0.05) is 22.8 Å². The van der Waals surface area contributed by atoms with Crippen LogP contribution in [0.1, 0.15) is 5.69 Å². The molecule has 3 rings (SSSR count). The molecule has 0 fully saturated rings. The number of aryl methyl sites for hydroxylation is 1. The topological polar surface area (TPSA) is 60.3 Å². The van der Waals surface area contributed by atoms with Crippen molar-refractivity contribution in [2.75, 3.05) is 12.4 Å². The number of carbonyl (C=O) groups is 1. The van der Waals surface area contributed by atoms with Crippen LogP contribution in [0.5, 0.6) is 5.75 Å². The fourth-order valence-corrected chi connectivity index (χ4v) is 2.73. The van der Waals surface area contributed by atoms with Crippen LogP contribution in [0.25, 0.3) is 10.9 Å². The van der Waals surface area contributed by atoms with E-state index in [0.29, 0.717) is 17.1 Å². The molecule has 3 aromatic rings. The summed E-state index contributed by atoms with van der Waals surface area (Å²) in [7, 11) is 1.56. The number of benzene rings is 2. The van der Waals surface area contributed by atoms with Crippen LogP contribution in [0.2, 0.25) is 0 Å². The molecule has 0 spiro atoms. The zero-order valence-corrected chi connectivity index (χ0v) is 13.9. The minimum absolute atomic E-state index is 0.102. The summed E-state index contributed by atoms with van der Waals surface area (Å²) in [6.07, 6.45) is 0. The number of anilines is 1. The minimum atomic E-state index is -0.532. The molecule has 1 amide bonds. The number of halogens is 1. The van der Waals surface area contributed by atoms with Gasteiger partial charge < -0.3 is 14.6 Å². The molecule has 0 bridgehead atoms. The van der Waals surface area contributed by atoms with Gasteiger partial charge in [-0.25, -0.2) is 4.39 Å². The Kier molecular flexibility index (Phi) is 4.52. The number of hydrogen-bond acceptors (Lipinski definition) is 3. The lowest BCUT2D eigenvalue weighted by Crippen LogP contribution is -2.22. The lowest BCUT2D eigenvalue weighted by molar-refractivity contribution is -0.116. The van der Waals surface area contributed by atoms with E-state index in [1.807, 2.05) is 0 Å². The second-order valence-corrected chi connectivity index (χ2v) is 5.65. The number of hydrogen-bond donors (Lipinski definition) is 1. The maximum Gasteiger partial charge on any atom is 0.244 e. The first-order valence-electron chi connectivity index (χ1n) is 7.72. The number of aromatic nitrogens is 1. The molecule has 25 heavy (non-hydrogen) atoms. The van der Waals surface area contributed by atoms with Crippen molar-refractivity contribution < 1.29 is 13.9 Å². The van der Waals surface area contributed by atoms with Crippen molar-refractivity contribution in [2.45, 2.75) is 13.5 Å². The highest BCUT2D eigenvalue weighted by Crippen LogP contribution is 2.18. The number of para-hydroxylation sites is 1. The monoisotopic (exact) mass is 340 g/mol. The van der Waals surface area contributed by atoms with Crippen LogP contribution < -0.4 is 15.5 Å². The lowest BCUT2D eigenvalue weighted by Gasteiger charge is -2.15. The van der Waals surface area contributed by atoms with Gasteiger partial charge in [-0.15, -0.1) is 0 Å². The van der Waals surface area contributed by atoms with E-state index in [0.717, 1.165) is 0 Å². The number of methoxy groups -OCH3 is 1. The highest BCUT2D eigenvalue weighted by atomic mass is 19.1. The summed E-state index contributed by atoms with van der Waals surface area (Å²) < 4.78 is 20.8. The molecule has 0 aliphatic heterocycles. The lowest BCUT2D eigenvalue weighted by atomic mass is 10.1. The van der Waals surface area contributed by atoms with Gasteiger partial charge in [0.25, 0.3) is 0 Å². The molecule has 0 aliphatic rings. The number of pyridine rings is 1. The quantitative estimate of drug-likeness (QED) is 0.794. The zero-order chi connectivity index (χ0) is 18.0. The van der Waals surface area contributed by atoms with Crippen LogP contribution in [0.3, 0.4) is 0 Å². The second-order valence-electron chi connectivity index (χ2n) is 5.65. The molecule has 0 saturated heterocycles. The number of amides is 1. The molecule has 6 heteroatoms. The summed E-state index contributed by atoms with van der Waals surface area (Å²) in [5.41, 5.74) is 0.998. The molecule has 0 aliphatic carbocycles. The van der Waals surface area contributed by atoms with Crippen LogP contribution in [-0.4, -0.2) is 17.6 Å². The van der Waals surface area contributed by atoms with E-state index in [9.17, 15) is 14.0 Å². The van der Waals surface area contributed by atoms with Gasteiger partial charge in [0.15, 0.2) is 5.43 Å². The van der Waals surface area contributed by atoms with Gasteiger partial charge in [-0.1, -0.05) is 6.07 Å². The third-order valence-corrected chi connectivity index (χ3v) is 3.96. The van der Waals surface area contributed by atoms with E-state index in [1.54, 1.807) is 44.4 Å². The first-order chi connectivity index (χ1) is 12.0. The summed E-state index contributed by atoms with van der Waals surface area (Å²) in [5, 5.41) is 3.00. The largest absolute Gasteiger partial charge is 0.497 e. The van der Waals surface area contributed by atoms with E-state index in [-0.39, 0.29) is 28.8 Å². The number of rotatable bonds is 4. The van der Waals surface area contributed by atoms with Gasteiger partial charge in [-0.05, 0) is 43.3 Å². The van der Waals surface area contributed by atoms with E-state index in [2.05, 4.69) is 5.32 Å². The number of nitrogens with zero attached hydrogens (tertiary/aromatic N) is 1. The molecule has 0 radical (unpaired) electrons. The summed E-state index contributed by atoms with van der Waals surface area (Å²) >= 11 is 0. The van der Waals surface area contributed by atoms with Crippen molar-refractivity contribution in [3.8, 4) is 5.75 Å². The highest BCUT2D eigenvalue weighted by molar-refractivity contribution is 5.92. The second kappa shape index (κ2) is 6.76. The molecular weight excluding hydrogens is 323 g/mol. The van der Waals surface area contributed by atoms with Crippen molar-refractivity contribution in [3.63, 3.8) is 0 Å². The molecule has 1 aromatic heterocycles. The Bertz CT molecular complexity index is 994. The Labute approximate surface area is 143 Å². The first-order valence-corrected chi connectivity index (χ1v) is 7.72. The molecule has 1 N–H and O–H groups in total. The number of ether oxygens (including phenoxy) is 1. The van der Waals surface area contributed by atoms with Gasteiger partial charge in [-0.3, -0.25) is 9.59 Å². The Balaban J connectivity index is 1.92. The normalized spacial score (nSPS) is 10.7. The Morgan fingerprint density at radius 1 is 1.20 bits per heavy atom. The molecule has 0 saturated carbocycles. The number of fused-ring (bicyclic) bond motifs is 1. The van der Waals surface area contributed by atoms with Gasteiger partial charge >= 0.3 is 0 Å². The molecule has 1 heterocycles. The van der Waals surface area contributed by atoms with Crippen LogP contribution >= 0.6 is 0 Å². The van der Waals surface area contributed by atoms with Crippen molar-refractivity contribution >= 4 is 22.5 Å². The van der Waals surface area contributed by atoms with E-state index in [4.69, 9.17) is 4.74 Å². The highest BCUT2D eigenvalue weighted by Gasteiger charge is 2.13. The van der Waals surface area contributed by atoms with Crippen LogP contribution in [0, 0.1) is 12.7 Å². The van der Waals surface area contributed by atoms with Crippen molar-refractivity contribution in [1.82, 2.24) is 4.57 Å². The Morgan fingerprint density at radius 3 is 2.60 bits per heavy atom. The summed E-state index contributed by atoms with van der Waals surface area (Å²) in [6, 6.07) is 12.6. The van der Waals surface area contributed by atoms with Crippen molar-refractivity contribution in [2.24, 2.45) is 0 Å². The molecule has 0 atom stereocenters. The number of nitrogens with one attached hydrogen (secondary N) is 1. The molecule has 2 aromatic carbocycles.